The fourth-order valence-electron chi connectivity index (χ4n) is 2.61. The van der Waals surface area contributed by atoms with Crippen LogP contribution in [0.3, 0.4) is 0 Å². The van der Waals surface area contributed by atoms with Gasteiger partial charge in [-0.15, -0.1) is 0 Å². The Morgan fingerprint density at radius 1 is 1.42 bits per heavy atom. The SMILES string of the molecule is CCN1CCC(CNCc2cnn(C(C)(C)C)c2)C1. The largest absolute Gasteiger partial charge is 0.312 e. The minimum atomic E-state index is 0.0747. The van der Waals surface area contributed by atoms with Crippen LogP contribution >= 0.6 is 0 Å². The van der Waals surface area contributed by atoms with Crippen molar-refractivity contribution in [3.05, 3.63) is 18.0 Å². The number of likely N-dealkylation sites (tertiary alicyclic amines) is 1. The second-order valence-corrected chi connectivity index (χ2v) is 6.64. The van der Waals surface area contributed by atoms with E-state index in [0.717, 1.165) is 19.0 Å². The van der Waals surface area contributed by atoms with Crippen LogP contribution in [-0.4, -0.2) is 40.9 Å². The van der Waals surface area contributed by atoms with Gasteiger partial charge in [-0.3, -0.25) is 4.68 Å². The van der Waals surface area contributed by atoms with E-state index in [2.05, 4.69) is 49.2 Å². The van der Waals surface area contributed by atoms with Crippen LogP contribution in [0.4, 0.5) is 0 Å². The molecule has 1 aromatic rings. The van der Waals surface area contributed by atoms with Gasteiger partial charge in [0, 0.05) is 24.8 Å². The van der Waals surface area contributed by atoms with Gasteiger partial charge < -0.3 is 10.2 Å². The van der Waals surface area contributed by atoms with E-state index in [0.29, 0.717) is 0 Å². The number of hydrogen-bond acceptors (Lipinski definition) is 3. The van der Waals surface area contributed by atoms with E-state index in [-0.39, 0.29) is 5.54 Å². The molecule has 4 nitrogen and oxygen atoms in total. The van der Waals surface area contributed by atoms with E-state index in [1.54, 1.807) is 0 Å². The summed E-state index contributed by atoms with van der Waals surface area (Å²) in [4.78, 5) is 2.53. The highest BCUT2D eigenvalue weighted by Gasteiger charge is 2.20. The van der Waals surface area contributed by atoms with Crippen molar-refractivity contribution in [2.75, 3.05) is 26.2 Å². The van der Waals surface area contributed by atoms with Crippen molar-refractivity contribution in [1.82, 2.24) is 20.0 Å². The molecular weight excluding hydrogens is 236 g/mol. The average Bonchev–Trinajstić information content (AvgIpc) is 2.96. The monoisotopic (exact) mass is 264 g/mol. The highest BCUT2D eigenvalue weighted by Crippen LogP contribution is 2.15. The molecule has 0 saturated carbocycles. The van der Waals surface area contributed by atoms with E-state index < -0.39 is 0 Å². The molecule has 0 radical (unpaired) electrons. The summed E-state index contributed by atoms with van der Waals surface area (Å²) >= 11 is 0. The molecule has 1 unspecified atom stereocenters. The molecule has 19 heavy (non-hydrogen) atoms. The van der Waals surface area contributed by atoms with Gasteiger partial charge in [0.15, 0.2) is 0 Å². The second-order valence-electron chi connectivity index (χ2n) is 6.64. The van der Waals surface area contributed by atoms with Crippen LogP contribution in [0.1, 0.15) is 39.7 Å². The minimum Gasteiger partial charge on any atom is -0.312 e. The fraction of sp³-hybridized carbons (Fsp3) is 0.800. The number of hydrogen-bond donors (Lipinski definition) is 1. The lowest BCUT2D eigenvalue weighted by molar-refractivity contribution is 0.338. The highest BCUT2D eigenvalue weighted by atomic mass is 15.3. The summed E-state index contributed by atoms with van der Waals surface area (Å²) in [6.45, 7) is 14.5. The van der Waals surface area contributed by atoms with Crippen molar-refractivity contribution in [3.8, 4) is 0 Å². The zero-order chi connectivity index (χ0) is 13.9. The predicted molar refractivity (Wildman–Crippen MR) is 79.2 cm³/mol. The summed E-state index contributed by atoms with van der Waals surface area (Å²) in [7, 11) is 0. The summed E-state index contributed by atoms with van der Waals surface area (Å²) in [6.07, 6.45) is 5.47. The van der Waals surface area contributed by atoms with Gasteiger partial charge in [0.1, 0.15) is 0 Å². The van der Waals surface area contributed by atoms with Crippen molar-refractivity contribution < 1.29 is 0 Å². The Hall–Kier alpha value is -0.870. The molecule has 1 atom stereocenters. The first kappa shape index (κ1) is 14.5. The molecule has 2 rings (SSSR count). The molecule has 0 amide bonds. The topological polar surface area (TPSA) is 33.1 Å². The maximum atomic E-state index is 4.43. The maximum Gasteiger partial charge on any atom is 0.0543 e. The summed E-state index contributed by atoms with van der Waals surface area (Å²) in [5.74, 6) is 0.817. The Morgan fingerprint density at radius 3 is 2.79 bits per heavy atom. The number of aromatic nitrogens is 2. The third-order valence-corrected chi connectivity index (χ3v) is 3.90. The zero-order valence-corrected chi connectivity index (χ0v) is 12.8. The Balaban J connectivity index is 1.73. The van der Waals surface area contributed by atoms with Crippen molar-refractivity contribution >= 4 is 0 Å². The Morgan fingerprint density at radius 2 is 2.21 bits per heavy atom. The molecule has 0 aromatic carbocycles. The minimum absolute atomic E-state index is 0.0747. The van der Waals surface area contributed by atoms with Gasteiger partial charge in [-0.2, -0.15) is 5.10 Å². The molecule has 0 aliphatic carbocycles. The van der Waals surface area contributed by atoms with Gasteiger partial charge in [0.2, 0.25) is 0 Å². The van der Waals surface area contributed by atoms with Gasteiger partial charge in [-0.25, -0.2) is 0 Å². The highest BCUT2D eigenvalue weighted by molar-refractivity contribution is 5.04. The summed E-state index contributed by atoms with van der Waals surface area (Å²) in [5.41, 5.74) is 1.35. The molecule has 2 heterocycles. The van der Waals surface area contributed by atoms with Gasteiger partial charge in [0.05, 0.1) is 11.7 Å². The third kappa shape index (κ3) is 4.05. The summed E-state index contributed by atoms with van der Waals surface area (Å²) in [6, 6.07) is 0. The average molecular weight is 264 g/mol. The quantitative estimate of drug-likeness (QED) is 0.884. The summed E-state index contributed by atoms with van der Waals surface area (Å²) in [5, 5.41) is 8.00. The Kier molecular flexibility index (Phi) is 4.63. The lowest BCUT2D eigenvalue weighted by atomic mass is 10.1. The molecule has 1 N–H and O–H groups in total. The lowest BCUT2D eigenvalue weighted by Gasteiger charge is -2.18. The fourth-order valence-corrected chi connectivity index (χ4v) is 2.61. The first-order valence-electron chi connectivity index (χ1n) is 7.46. The lowest BCUT2D eigenvalue weighted by Crippen LogP contribution is -2.26. The molecule has 0 spiro atoms. The molecule has 1 aliphatic rings. The van der Waals surface area contributed by atoms with E-state index in [1.807, 2.05) is 10.9 Å². The van der Waals surface area contributed by atoms with Gasteiger partial charge in [-0.1, -0.05) is 6.92 Å². The normalized spacial score (nSPS) is 21.2. The van der Waals surface area contributed by atoms with Crippen LogP contribution < -0.4 is 5.32 Å². The molecule has 1 aliphatic heterocycles. The zero-order valence-electron chi connectivity index (χ0n) is 12.8. The Labute approximate surface area is 117 Å². The standard InChI is InChI=1S/C15H28N4/c1-5-18-7-6-13(11-18)8-16-9-14-10-17-19(12-14)15(2,3)4/h10,12-13,16H,5-9,11H2,1-4H3. The Bertz CT molecular complexity index is 391. The van der Waals surface area contributed by atoms with Crippen molar-refractivity contribution in [3.63, 3.8) is 0 Å². The van der Waals surface area contributed by atoms with Crippen LogP contribution in [-0.2, 0) is 12.1 Å². The maximum absolute atomic E-state index is 4.43. The number of rotatable bonds is 5. The van der Waals surface area contributed by atoms with E-state index in [4.69, 9.17) is 0 Å². The van der Waals surface area contributed by atoms with E-state index in [9.17, 15) is 0 Å². The van der Waals surface area contributed by atoms with Crippen molar-refractivity contribution in [1.29, 1.82) is 0 Å². The molecule has 1 aromatic heterocycles. The molecular formula is C15H28N4. The van der Waals surface area contributed by atoms with Crippen LogP contribution in [0.2, 0.25) is 0 Å². The molecule has 4 heteroatoms. The van der Waals surface area contributed by atoms with Crippen LogP contribution in [0.15, 0.2) is 12.4 Å². The van der Waals surface area contributed by atoms with Crippen molar-refractivity contribution in [2.45, 2.75) is 46.2 Å². The molecule has 0 bridgehead atoms. The second kappa shape index (κ2) is 6.06. The van der Waals surface area contributed by atoms with Gasteiger partial charge >= 0.3 is 0 Å². The van der Waals surface area contributed by atoms with E-state index in [1.165, 1.54) is 31.6 Å². The predicted octanol–water partition coefficient (Wildman–Crippen LogP) is 2.07. The molecule has 1 saturated heterocycles. The van der Waals surface area contributed by atoms with Gasteiger partial charge in [-0.05, 0) is 52.7 Å². The van der Waals surface area contributed by atoms with Crippen LogP contribution in [0.5, 0.6) is 0 Å². The van der Waals surface area contributed by atoms with Crippen molar-refractivity contribution in [2.24, 2.45) is 5.92 Å². The first-order valence-corrected chi connectivity index (χ1v) is 7.46. The third-order valence-electron chi connectivity index (χ3n) is 3.90. The number of nitrogens with one attached hydrogen (secondary N) is 1. The van der Waals surface area contributed by atoms with Gasteiger partial charge in [0.25, 0.3) is 0 Å². The van der Waals surface area contributed by atoms with Crippen LogP contribution in [0, 0.1) is 5.92 Å². The first-order chi connectivity index (χ1) is 8.99. The number of nitrogens with zero attached hydrogens (tertiary/aromatic N) is 3. The molecule has 108 valence electrons. The summed E-state index contributed by atoms with van der Waals surface area (Å²) < 4.78 is 2.04. The molecule has 1 fully saturated rings. The van der Waals surface area contributed by atoms with Crippen LogP contribution in [0.25, 0.3) is 0 Å². The smallest absolute Gasteiger partial charge is 0.0543 e. The van der Waals surface area contributed by atoms with E-state index >= 15 is 0 Å².